The van der Waals surface area contributed by atoms with Crippen LogP contribution in [0, 0.1) is 5.92 Å². The third-order valence-electron chi connectivity index (χ3n) is 3.76. The van der Waals surface area contributed by atoms with Crippen molar-refractivity contribution in [1.29, 1.82) is 0 Å². The van der Waals surface area contributed by atoms with Crippen molar-refractivity contribution in [2.75, 3.05) is 13.1 Å². The molecule has 1 aliphatic heterocycles. The molecule has 104 valence electrons. The van der Waals surface area contributed by atoms with Crippen LogP contribution in [0.15, 0.2) is 30.3 Å². The second kappa shape index (κ2) is 7.29. The van der Waals surface area contributed by atoms with E-state index >= 15 is 0 Å². The van der Waals surface area contributed by atoms with Gasteiger partial charge in [0.25, 0.3) is 0 Å². The second-order valence-corrected chi connectivity index (χ2v) is 5.30. The maximum absolute atomic E-state index is 12.3. The standard InChI is InChI=1S/C16H24N2O/c1-2-7-15(13-8-4-3-5-9-13)18-16(19)14-10-6-11-17-12-14/h3-5,8-9,14-15,17H,2,6-7,10-12H2,1H3,(H,18,19). The highest BCUT2D eigenvalue weighted by atomic mass is 16.2. The summed E-state index contributed by atoms with van der Waals surface area (Å²) in [6.45, 7) is 4.02. The number of carbonyl (C=O) groups excluding carboxylic acids is 1. The number of amides is 1. The highest BCUT2D eigenvalue weighted by molar-refractivity contribution is 5.79. The Morgan fingerprint density at radius 1 is 1.42 bits per heavy atom. The Labute approximate surface area is 115 Å². The fraction of sp³-hybridized carbons (Fsp3) is 0.562. The van der Waals surface area contributed by atoms with Crippen LogP contribution in [0.1, 0.15) is 44.2 Å². The molecule has 1 saturated heterocycles. The van der Waals surface area contributed by atoms with E-state index < -0.39 is 0 Å². The van der Waals surface area contributed by atoms with Crippen molar-refractivity contribution in [2.24, 2.45) is 5.92 Å². The molecule has 1 heterocycles. The van der Waals surface area contributed by atoms with Crippen LogP contribution in [-0.4, -0.2) is 19.0 Å². The summed E-state index contributed by atoms with van der Waals surface area (Å²) in [5.74, 6) is 0.339. The molecule has 0 aromatic heterocycles. The molecule has 1 aliphatic rings. The van der Waals surface area contributed by atoms with Crippen molar-refractivity contribution in [2.45, 2.75) is 38.6 Å². The first-order valence-electron chi connectivity index (χ1n) is 7.37. The zero-order chi connectivity index (χ0) is 13.5. The molecule has 0 bridgehead atoms. The maximum atomic E-state index is 12.3. The molecule has 0 saturated carbocycles. The van der Waals surface area contributed by atoms with Crippen LogP contribution in [-0.2, 0) is 4.79 Å². The molecule has 2 rings (SSSR count). The number of rotatable bonds is 5. The number of benzene rings is 1. The van der Waals surface area contributed by atoms with Gasteiger partial charge in [-0.3, -0.25) is 4.79 Å². The van der Waals surface area contributed by atoms with Gasteiger partial charge in [0.05, 0.1) is 12.0 Å². The number of piperidine rings is 1. The summed E-state index contributed by atoms with van der Waals surface area (Å²) >= 11 is 0. The minimum Gasteiger partial charge on any atom is -0.349 e. The van der Waals surface area contributed by atoms with Crippen LogP contribution in [0.5, 0.6) is 0 Å². The van der Waals surface area contributed by atoms with Gasteiger partial charge in [0, 0.05) is 6.54 Å². The van der Waals surface area contributed by atoms with Gasteiger partial charge in [0.15, 0.2) is 0 Å². The van der Waals surface area contributed by atoms with E-state index in [9.17, 15) is 4.79 Å². The van der Waals surface area contributed by atoms with E-state index in [-0.39, 0.29) is 17.9 Å². The van der Waals surface area contributed by atoms with Crippen molar-refractivity contribution in [1.82, 2.24) is 10.6 Å². The van der Waals surface area contributed by atoms with Crippen molar-refractivity contribution in [3.63, 3.8) is 0 Å². The van der Waals surface area contributed by atoms with E-state index in [1.54, 1.807) is 0 Å². The van der Waals surface area contributed by atoms with Crippen LogP contribution in [0.2, 0.25) is 0 Å². The Balaban J connectivity index is 1.98. The van der Waals surface area contributed by atoms with Gasteiger partial charge in [-0.1, -0.05) is 43.7 Å². The lowest BCUT2D eigenvalue weighted by atomic mass is 9.96. The first-order chi connectivity index (χ1) is 9.31. The second-order valence-electron chi connectivity index (χ2n) is 5.30. The third-order valence-corrected chi connectivity index (χ3v) is 3.76. The van der Waals surface area contributed by atoms with Crippen molar-refractivity contribution in [3.8, 4) is 0 Å². The lowest BCUT2D eigenvalue weighted by Crippen LogP contribution is -2.41. The van der Waals surface area contributed by atoms with Gasteiger partial charge in [-0.05, 0) is 31.4 Å². The summed E-state index contributed by atoms with van der Waals surface area (Å²) in [5, 5.41) is 6.52. The number of hydrogen-bond donors (Lipinski definition) is 2. The largest absolute Gasteiger partial charge is 0.349 e. The Bertz CT molecular complexity index is 385. The zero-order valence-electron chi connectivity index (χ0n) is 11.7. The van der Waals surface area contributed by atoms with E-state index in [0.29, 0.717) is 0 Å². The predicted octanol–water partition coefficient (Wildman–Crippen LogP) is 2.64. The summed E-state index contributed by atoms with van der Waals surface area (Å²) in [7, 11) is 0. The molecular formula is C16H24N2O. The molecule has 0 spiro atoms. The molecule has 0 radical (unpaired) electrons. The Hall–Kier alpha value is -1.35. The summed E-state index contributed by atoms with van der Waals surface area (Å²) in [5.41, 5.74) is 1.21. The summed E-state index contributed by atoms with van der Waals surface area (Å²) < 4.78 is 0. The van der Waals surface area contributed by atoms with E-state index in [4.69, 9.17) is 0 Å². The Morgan fingerprint density at radius 2 is 2.21 bits per heavy atom. The van der Waals surface area contributed by atoms with Crippen LogP contribution in [0.4, 0.5) is 0 Å². The fourth-order valence-electron chi connectivity index (χ4n) is 2.66. The van der Waals surface area contributed by atoms with Gasteiger partial charge in [-0.15, -0.1) is 0 Å². The average Bonchev–Trinajstić information content (AvgIpc) is 2.48. The molecule has 3 nitrogen and oxygen atoms in total. The smallest absolute Gasteiger partial charge is 0.224 e. The Morgan fingerprint density at radius 3 is 2.84 bits per heavy atom. The summed E-state index contributed by atoms with van der Waals surface area (Å²) in [6.07, 6.45) is 4.17. The Kier molecular flexibility index (Phi) is 5.40. The van der Waals surface area contributed by atoms with Crippen LogP contribution in [0.3, 0.4) is 0 Å². The van der Waals surface area contributed by atoms with Gasteiger partial charge in [-0.2, -0.15) is 0 Å². The number of carbonyl (C=O) groups is 1. The topological polar surface area (TPSA) is 41.1 Å². The summed E-state index contributed by atoms with van der Waals surface area (Å²) in [4.78, 5) is 12.3. The van der Waals surface area contributed by atoms with E-state index in [0.717, 1.165) is 38.8 Å². The molecule has 1 aromatic rings. The highest BCUT2D eigenvalue weighted by Crippen LogP contribution is 2.20. The van der Waals surface area contributed by atoms with E-state index in [2.05, 4.69) is 29.7 Å². The number of nitrogens with one attached hydrogen (secondary N) is 2. The molecular weight excluding hydrogens is 236 g/mol. The monoisotopic (exact) mass is 260 g/mol. The van der Waals surface area contributed by atoms with Crippen molar-refractivity contribution >= 4 is 5.91 Å². The lowest BCUT2D eigenvalue weighted by Gasteiger charge is -2.25. The quantitative estimate of drug-likeness (QED) is 0.854. The first-order valence-corrected chi connectivity index (χ1v) is 7.37. The minimum absolute atomic E-state index is 0.136. The van der Waals surface area contributed by atoms with Crippen LogP contribution in [0.25, 0.3) is 0 Å². The third kappa shape index (κ3) is 4.06. The van der Waals surface area contributed by atoms with Gasteiger partial charge >= 0.3 is 0 Å². The average molecular weight is 260 g/mol. The molecule has 1 aromatic carbocycles. The van der Waals surface area contributed by atoms with Crippen molar-refractivity contribution < 1.29 is 4.79 Å². The molecule has 1 amide bonds. The molecule has 2 unspecified atom stereocenters. The zero-order valence-corrected chi connectivity index (χ0v) is 11.7. The first kappa shape index (κ1) is 14.1. The van der Waals surface area contributed by atoms with Gasteiger partial charge in [0.1, 0.15) is 0 Å². The van der Waals surface area contributed by atoms with E-state index in [1.807, 2.05) is 18.2 Å². The van der Waals surface area contributed by atoms with Crippen LogP contribution >= 0.6 is 0 Å². The number of hydrogen-bond acceptors (Lipinski definition) is 2. The SMILES string of the molecule is CCCC(NC(=O)C1CCCNC1)c1ccccc1. The maximum Gasteiger partial charge on any atom is 0.224 e. The van der Waals surface area contributed by atoms with Gasteiger partial charge in [0.2, 0.25) is 5.91 Å². The fourth-order valence-corrected chi connectivity index (χ4v) is 2.66. The molecule has 2 N–H and O–H groups in total. The molecule has 19 heavy (non-hydrogen) atoms. The molecule has 0 aliphatic carbocycles. The van der Waals surface area contributed by atoms with Crippen molar-refractivity contribution in [3.05, 3.63) is 35.9 Å². The highest BCUT2D eigenvalue weighted by Gasteiger charge is 2.23. The lowest BCUT2D eigenvalue weighted by molar-refractivity contribution is -0.126. The van der Waals surface area contributed by atoms with E-state index in [1.165, 1.54) is 5.56 Å². The summed E-state index contributed by atoms with van der Waals surface area (Å²) in [6, 6.07) is 10.4. The van der Waals surface area contributed by atoms with Gasteiger partial charge < -0.3 is 10.6 Å². The normalized spacial score (nSPS) is 20.8. The molecule has 2 atom stereocenters. The van der Waals surface area contributed by atoms with Crippen LogP contribution < -0.4 is 10.6 Å². The molecule has 1 fully saturated rings. The minimum atomic E-state index is 0.136. The molecule has 3 heteroatoms. The predicted molar refractivity (Wildman–Crippen MR) is 77.8 cm³/mol. The van der Waals surface area contributed by atoms with Gasteiger partial charge in [-0.25, -0.2) is 0 Å².